The number of aromatic nitrogens is 2. The summed E-state index contributed by atoms with van der Waals surface area (Å²) in [6, 6.07) is 13.9. The molecule has 1 fully saturated rings. The number of carbonyl (C=O) groups is 2. The smallest absolute Gasteiger partial charge is 0.217 e. The molecule has 0 atom stereocenters. The minimum atomic E-state index is -0.453. The van der Waals surface area contributed by atoms with Gasteiger partial charge in [-0.2, -0.15) is 0 Å². The average molecular weight is 404 g/mol. The van der Waals surface area contributed by atoms with Crippen molar-refractivity contribution in [3.8, 4) is 11.1 Å². The van der Waals surface area contributed by atoms with Crippen molar-refractivity contribution in [2.24, 2.45) is 5.73 Å². The molecule has 1 aliphatic rings. The minimum absolute atomic E-state index is 0.00508. The molecule has 1 aromatic heterocycles. The van der Waals surface area contributed by atoms with Gasteiger partial charge in [0.1, 0.15) is 11.6 Å². The minimum Gasteiger partial charge on any atom is -0.378 e. The summed E-state index contributed by atoms with van der Waals surface area (Å²) >= 11 is 0. The van der Waals surface area contributed by atoms with E-state index in [1.54, 1.807) is 0 Å². The molecule has 154 valence electrons. The number of hydrogen-bond donors (Lipinski definition) is 1. The molecule has 0 saturated carbocycles. The molecule has 7 heteroatoms. The monoisotopic (exact) mass is 404 g/mol. The zero-order chi connectivity index (χ0) is 20.9. The van der Waals surface area contributed by atoms with Gasteiger partial charge in [0, 0.05) is 32.4 Å². The molecule has 4 rings (SSSR count). The first kappa shape index (κ1) is 20.0. The second-order valence-corrected chi connectivity index (χ2v) is 7.41. The van der Waals surface area contributed by atoms with Gasteiger partial charge in [0.25, 0.3) is 0 Å². The number of ketones is 1. The second kappa shape index (κ2) is 9.00. The Kier molecular flexibility index (Phi) is 5.99. The van der Waals surface area contributed by atoms with Gasteiger partial charge in [0.15, 0.2) is 0 Å². The SMILES string of the molecule is NC(=O)CCC(=O)Cc1cccc(-c2ccc3ncc(N4CCOCC4)nc3c2)c1. The van der Waals surface area contributed by atoms with E-state index >= 15 is 0 Å². The fourth-order valence-electron chi connectivity index (χ4n) is 3.57. The zero-order valence-corrected chi connectivity index (χ0v) is 16.7. The van der Waals surface area contributed by atoms with E-state index in [4.69, 9.17) is 15.5 Å². The highest BCUT2D eigenvalue weighted by Crippen LogP contribution is 2.25. The van der Waals surface area contributed by atoms with Gasteiger partial charge in [-0.25, -0.2) is 4.98 Å². The molecule has 2 N–H and O–H groups in total. The number of rotatable bonds is 7. The highest BCUT2D eigenvalue weighted by atomic mass is 16.5. The van der Waals surface area contributed by atoms with E-state index in [9.17, 15) is 9.59 Å². The summed E-state index contributed by atoms with van der Waals surface area (Å²) in [7, 11) is 0. The van der Waals surface area contributed by atoms with Crippen LogP contribution < -0.4 is 10.6 Å². The van der Waals surface area contributed by atoms with E-state index in [1.807, 2.05) is 48.7 Å². The number of carbonyl (C=O) groups excluding carboxylic acids is 2. The standard InChI is InChI=1S/C23H24N4O3/c24-22(29)7-5-19(28)13-16-2-1-3-17(12-16)18-4-6-20-21(14-18)26-23(15-25-20)27-8-10-30-11-9-27/h1-4,6,12,14-15H,5,7-11,13H2,(H2,24,29). The molecule has 1 amide bonds. The number of nitrogens with two attached hydrogens (primary N) is 1. The van der Waals surface area contributed by atoms with Crippen LogP contribution in [0.5, 0.6) is 0 Å². The van der Waals surface area contributed by atoms with Gasteiger partial charge in [-0.1, -0.05) is 30.3 Å². The van der Waals surface area contributed by atoms with Gasteiger partial charge in [0.05, 0.1) is 30.4 Å². The summed E-state index contributed by atoms with van der Waals surface area (Å²) in [5.41, 5.74) is 9.74. The quantitative estimate of drug-likeness (QED) is 0.650. The maximum atomic E-state index is 12.1. The van der Waals surface area contributed by atoms with Crippen LogP contribution in [0.3, 0.4) is 0 Å². The Labute approximate surface area is 174 Å². The third-order valence-corrected chi connectivity index (χ3v) is 5.18. The Balaban J connectivity index is 1.56. The van der Waals surface area contributed by atoms with Gasteiger partial charge in [-0.15, -0.1) is 0 Å². The number of anilines is 1. The predicted molar refractivity (Wildman–Crippen MR) is 115 cm³/mol. The van der Waals surface area contributed by atoms with Crippen molar-refractivity contribution in [1.82, 2.24) is 9.97 Å². The Morgan fingerprint density at radius 3 is 2.60 bits per heavy atom. The normalized spacial score (nSPS) is 14.1. The summed E-state index contributed by atoms with van der Waals surface area (Å²) < 4.78 is 5.41. The van der Waals surface area contributed by atoms with Crippen LogP contribution in [0.15, 0.2) is 48.7 Å². The number of Topliss-reactive ketones (excluding diaryl/α,β-unsaturated/α-hetero) is 1. The maximum absolute atomic E-state index is 12.1. The van der Waals surface area contributed by atoms with Crippen molar-refractivity contribution in [1.29, 1.82) is 0 Å². The molecule has 1 saturated heterocycles. The van der Waals surface area contributed by atoms with Crippen molar-refractivity contribution in [2.75, 3.05) is 31.2 Å². The molecule has 0 unspecified atom stereocenters. The summed E-state index contributed by atoms with van der Waals surface area (Å²) in [6.45, 7) is 3.02. The van der Waals surface area contributed by atoms with E-state index in [2.05, 4.69) is 9.88 Å². The summed E-state index contributed by atoms with van der Waals surface area (Å²) in [5.74, 6) is 0.410. The van der Waals surface area contributed by atoms with Crippen LogP contribution in [0, 0.1) is 0 Å². The van der Waals surface area contributed by atoms with E-state index < -0.39 is 5.91 Å². The van der Waals surface area contributed by atoms with Crippen molar-refractivity contribution < 1.29 is 14.3 Å². The summed E-state index contributed by atoms with van der Waals surface area (Å²) in [6.07, 6.45) is 2.37. The number of nitrogens with zero attached hydrogens (tertiary/aromatic N) is 3. The van der Waals surface area contributed by atoms with Crippen LogP contribution in [0.25, 0.3) is 22.2 Å². The number of amides is 1. The number of benzene rings is 2. The Morgan fingerprint density at radius 2 is 1.80 bits per heavy atom. The molecule has 0 aliphatic carbocycles. The molecule has 7 nitrogen and oxygen atoms in total. The van der Waals surface area contributed by atoms with Crippen molar-refractivity contribution >= 4 is 28.5 Å². The van der Waals surface area contributed by atoms with Gasteiger partial charge in [-0.3, -0.25) is 14.6 Å². The molecular weight excluding hydrogens is 380 g/mol. The zero-order valence-electron chi connectivity index (χ0n) is 16.7. The van der Waals surface area contributed by atoms with E-state index in [0.717, 1.165) is 46.6 Å². The molecule has 2 aromatic carbocycles. The van der Waals surface area contributed by atoms with Crippen LogP contribution in [0.2, 0.25) is 0 Å². The average Bonchev–Trinajstić information content (AvgIpc) is 2.78. The number of primary amides is 1. The molecule has 3 aromatic rings. The Morgan fingerprint density at radius 1 is 1.00 bits per heavy atom. The van der Waals surface area contributed by atoms with Crippen LogP contribution in [0.1, 0.15) is 18.4 Å². The van der Waals surface area contributed by atoms with Crippen LogP contribution in [-0.2, 0) is 20.7 Å². The molecule has 0 spiro atoms. The summed E-state index contributed by atoms with van der Waals surface area (Å²) in [4.78, 5) is 34.5. The Hall–Kier alpha value is -3.32. The largest absolute Gasteiger partial charge is 0.378 e. The Bertz CT molecular complexity index is 1080. The van der Waals surface area contributed by atoms with Crippen molar-refractivity contribution in [3.63, 3.8) is 0 Å². The number of hydrogen-bond acceptors (Lipinski definition) is 6. The predicted octanol–water partition coefficient (Wildman–Crippen LogP) is 2.51. The molecule has 2 heterocycles. The second-order valence-electron chi connectivity index (χ2n) is 7.41. The van der Waals surface area contributed by atoms with Gasteiger partial charge in [-0.05, 0) is 28.8 Å². The van der Waals surface area contributed by atoms with Gasteiger partial charge < -0.3 is 15.4 Å². The van der Waals surface area contributed by atoms with Crippen LogP contribution >= 0.6 is 0 Å². The van der Waals surface area contributed by atoms with Gasteiger partial charge in [0.2, 0.25) is 5.91 Å². The molecule has 0 radical (unpaired) electrons. The fourth-order valence-corrected chi connectivity index (χ4v) is 3.57. The molecule has 30 heavy (non-hydrogen) atoms. The highest BCUT2D eigenvalue weighted by Gasteiger charge is 2.14. The lowest BCUT2D eigenvalue weighted by molar-refractivity contribution is -0.123. The topological polar surface area (TPSA) is 98.4 Å². The number of ether oxygens (including phenoxy) is 1. The lowest BCUT2D eigenvalue weighted by Gasteiger charge is -2.27. The number of fused-ring (bicyclic) bond motifs is 1. The molecular formula is C23H24N4O3. The van der Waals surface area contributed by atoms with E-state index in [0.29, 0.717) is 13.2 Å². The highest BCUT2D eigenvalue weighted by molar-refractivity contribution is 5.86. The van der Waals surface area contributed by atoms with Crippen molar-refractivity contribution in [2.45, 2.75) is 19.3 Å². The number of morpholine rings is 1. The fraction of sp³-hybridized carbons (Fsp3) is 0.304. The lowest BCUT2D eigenvalue weighted by Crippen LogP contribution is -2.36. The summed E-state index contributed by atoms with van der Waals surface area (Å²) in [5, 5.41) is 0. The van der Waals surface area contributed by atoms with Crippen LogP contribution in [-0.4, -0.2) is 48.0 Å². The van der Waals surface area contributed by atoms with E-state index in [-0.39, 0.29) is 25.0 Å². The first-order chi connectivity index (χ1) is 14.6. The van der Waals surface area contributed by atoms with Gasteiger partial charge >= 0.3 is 0 Å². The third kappa shape index (κ3) is 4.80. The molecule has 0 bridgehead atoms. The first-order valence-electron chi connectivity index (χ1n) is 10.1. The first-order valence-corrected chi connectivity index (χ1v) is 10.1. The van der Waals surface area contributed by atoms with E-state index in [1.165, 1.54) is 0 Å². The third-order valence-electron chi connectivity index (χ3n) is 5.18. The van der Waals surface area contributed by atoms with Crippen molar-refractivity contribution in [3.05, 3.63) is 54.2 Å². The molecule has 1 aliphatic heterocycles. The van der Waals surface area contributed by atoms with Crippen LogP contribution in [0.4, 0.5) is 5.82 Å². The lowest BCUT2D eigenvalue weighted by atomic mass is 9.99. The maximum Gasteiger partial charge on any atom is 0.217 e.